The van der Waals surface area contributed by atoms with E-state index in [4.69, 9.17) is 5.73 Å². The van der Waals surface area contributed by atoms with Crippen molar-refractivity contribution in [3.8, 4) is 0 Å². The molecule has 1 aromatic rings. The van der Waals surface area contributed by atoms with E-state index >= 15 is 0 Å². The van der Waals surface area contributed by atoms with Crippen molar-refractivity contribution in [2.75, 3.05) is 5.73 Å². The van der Waals surface area contributed by atoms with Crippen LogP contribution in [0, 0.1) is 0 Å². The molecule has 0 atom stereocenters. The van der Waals surface area contributed by atoms with Gasteiger partial charge in [-0.15, -0.1) is 9.78 Å². The number of H-pyrrole nitrogens is 1. The summed E-state index contributed by atoms with van der Waals surface area (Å²) in [6, 6.07) is 0. The lowest BCUT2D eigenvalue weighted by atomic mass is 10.8. The highest BCUT2D eigenvalue weighted by atomic mass is 16.1. The van der Waals surface area contributed by atoms with E-state index in [0.717, 1.165) is 6.20 Å². The number of nitrogens with two attached hydrogens (primary N) is 1. The van der Waals surface area contributed by atoms with E-state index in [9.17, 15) is 4.79 Å². The van der Waals surface area contributed by atoms with Crippen LogP contribution in [0.2, 0.25) is 0 Å². The molecule has 0 unspecified atom stereocenters. The number of nitrogen functional groups attached to an aromatic ring is 1. The lowest BCUT2D eigenvalue weighted by Gasteiger charge is -1.88. The minimum Gasteiger partial charge on any atom is -0.289 e. The van der Waals surface area contributed by atoms with Crippen LogP contribution >= 0.6 is 0 Å². The molecule has 0 amide bonds. The topological polar surface area (TPSA) is 75.7 Å². The van der Waals surface area contributed by atoms with E-state index in [-0.39, 0.29) is 11.5 Å². The van der Waals surface area contributed by atoms with E-state index in [2.05, 4.69) is 10.1 Å². The highest BCUT2D eigenvalue weighted by molar-refractivity contribution is 5.00. The molecule has 0 spiro atoms. The largest absolute Gasteiger partial charge is 0.374 e. The second-order valence-electron chi connectivity index (χ2n) is 1.64. The Balaban J connectivity index is 3.34. The number of nitrogens with zero attached hydrogens (tertiary/aromatic N) is 2. The van der Waals surface area contributed by atoms with Crippen molar-refractivity contribution < 1.29 is 4.68 Å². The van der Waals surface area contributed by atoms with Crippen LogP contribution in [0.1, 0.15) is 0 Å². The van der Waals surface area contributed by atoms with Crippen molar-refractivity contribution in [1.82, 2.24) is 10.1 Å². The predicted molar refractivity (Wildman–Crippen MR) is 30.4 cm³/mol. The number of aromatic amines is 1. The third kappa shape index (κ3) is 1.04. The van der Waals surface area contributed by atoms with Gasteiger partial charge in [-0.25, -0.2) is 9.78 Å². The standard InChI is InChI=1S/C4H6N4O/c1-8-4(5)7-3(9)2-6-8/h2H,1H3,(H2,5,7,9)/p+1. The van der Waals surface area contributed by atoms with E-state index in [0.29, 0.717) is 0 Å². The molecule has 1 aromatic heterocycles. The summed E-state index contributed by atoms with van der Waals surface area (Å²) < 4.78 is 1.38. The Bertz CT molecular complexity index is 266. The number of hydrogen-bond donors (Lipinski definition) is 2. The van der Waals surface area contributed by atoms with Crippen LogP contribution in [0.4, 0.5) is 5.95 Å². The number of anilines is 1. The van der Waals surface area contributed by atoms with Crippen molar-refractivity contribution in [3.63, 3.8) is 0 Å². The molecule has 5 nitrogen and oxygen atoms in total. The summed E-state index contributed by atoms with van der Waals surface area (Å²) in [6.07, 6.45) is 1.16. The van der Waals surface area contributed by atoms with E-state index in [1.165, 1.54) is 4.68 Å². The number of hydrogen-bond acceptors (Lipinski definition) is 3. The highest BCUT2D eigenvalue weighted by Crippen LogP contribution is 1.68. The van der Waals surface area contributed by atoms with Crippen LogP contribution in [0.15, 0.2) is 11.0 Å². The number of nitrogens with one attached hydrogen (secondary N) is 1. The van der Waals surface area contributed by atoms with E-state index < -0.39 is 0 Å². The molecule has 9 heavy (non-hydrogen) atoms. The Morgan fingerprint density at radius 2 is 2.56 bits per heavy atom. The summed E-state index contributed by atoms with van der Waals surface area (Å²) in [5.74, 6) is 0.252. The van der Waals surface area contributed by atoms with E-state index in [1.54, 1.807) is 7.05 Å². The number of rotatable bonds is 0. The van der Waals surface area contributed by atoms with Gasteiger partial charge in [-0.1, -0.05) is 0 Å². The van der Waals surface area contributed by atoms with Crippen LogP contribution in [0.5, 0.6) is 0 Å². The summed E-state index contributed by atoms with van der Waals surface area (Å²) in [7, 11) is 1.64. The molecule has 0 aliphatic rings. The second kappa shape index (κ2) is 1.85. The minimum atomic E-state index is -0.286. The zero-order valence-corrected chi connectivity index (χ0v) is 4.96. The molecule has 1 rings (SSSR count). The average Bonchev–Trinajstić information content (AvgIpc) is 1.80. The van der Waals surface area contributed by atoms with Crippen molar-refractivity contribution in [2.45, 2.75) is 0 Å². The number of aryl methyl sites for hydroxylation is 1. The zero-order valence-electron chi connectivity index (χ0n) is 4.96. The van der Waals surface area contributed by atoms with Crippen molar-refractivity contribution in [1.29, 1.82) is 0 Å². The first-order valence-corrected chi connectivity index (χ1v) is 2.41. The van der Waals surface area contributed by atoms with Crippen LogP contribution in [0.25, 0.3) is 0 Å². The van der Waals surface area contributed by atoms with Crippen LogP contribution in [-0.4, -0.2) is 10.1 Å². The molecule has 5 heteroatoms. The SMILES string of the molecule is C[n+]1ncc(=O)[nH]c1N. The first-order valence-electron chi connectivity index (χ1n) is 2.41. The lowest BCUT2D eigenvalue weighted by Crippen LogP contribution is -2.40. The number of aromatic nitrogens is 3. The molecule has 0 aliphatic carbocycles. The maximum absolute atomic E-state index is 10.4. The molecule has 0 fully saturated rings. The summed E-state index contributed by atoms with van der Waals surface area (Å²) in [5, 5.41) is 3.63. The molecule has 0 bridgehead atoms. The quantitative estimate of drug-likeness (QED) is 0.403. The molecule has 48 valence electrons. The van der Waals surface area contributed by atoms with Gasteiger partial charge in [0, 0.05) is 0 Å². The summed E-state index contributed by atoms with van der Waals surface area (Å²) in [5.41, 5.74) is 4.98. The third-order valence-corrected chi connectivity index (χ3v) is 0.948. The third-order valence-electron chi connectivity index (χ3n) is 0.948. The van der Waals surface area contributed by atoms with Gasteiger partial charge < -0.3 is 0 Å². The van der Waals surface area contributed by atoms with Crippen LogP contribution in [-0.2, 0) is 7.05 Å². The Hall–Kier alpha value is -1.39. The van der Waals surface area contributed by atoms with Crippen molar-refractivity contribution in [2.24, 2.45) is 7.05 Å². The molecular formula is C4H7N4O+. The average molecular weight is 127 g/mol. The Morgan fingerprint density at radius 1 is 1.89 bits per heavy atom. The predicted octanol–water partition coefficient (Wildman–Crippen LogP) is -1.82. The van der Waals surface area contributed by atoms with Crippen molar-refractivity contribution >= 4 is 5.95 Å². The van der Waals surface area contributed by atoms with Gasteiger partial charge in [0.05, 0.1) is 7.05 Å². The smallest absolute Gasteiger partial charge is 0.289 e. The first-order chi connectivity index (χ1) is 4.20. The lowest BCUT2D eigenvalue weighted by molar-refractivity contribution is -0.719. The molecule has 1 heterocycles. The normalized spacial score (nSPS) is 9.44. The van der Waals surface area contributed by atoms with Gasteiger partial charge in [-0.2, -0.15) is 0 Å². The molecule has 0 saturated heterocycles. The van der Waals surface area contributed by atoms with Gasteiger partial charge in [0.25, 0.3) is 0 Å². The Kier molecular flexibility index (Phi) is 1.18. The summed E-state index contributed by atoms with van der Waals surface area (Å²) in [6.45, 7) is 0. The second-order valence-corrected chi connectivity index (χ2v) is 1.64. The highest BCUT2D eigenvalue weighted by Gasteiger charge is 1.97. The van der Waals surface area contributed by atoms with Gasteiger partial charge >= 0.3 is 11.5 Å². The monoisotopic (exact) mass is 127 g/mol. The Morgan fingerprint density at radius 3 is 3.00 bits per heavy atom. The summed E-state index contributed by atoms with van der Waals surface area (Å²) >= 11 is 0. The van der Waals surface area contributed by atoms with Crippen LogP contribution in [0.3, 0.4) is 0 Å². The first kappa shape index (κ1) is 5.74. The van der Waals surface area contributed by atoms with Gasteiger partial charge in [0.2, 0.25) is 0 Å². The van der Waals surface area contributed by atoms with E-state index in [1.807, 2.05) is 0 Å². The van der Waals surface area contributed by atoms with Gasteiger partial charge in [-0.05, 0) is 0 Å². The Labute approximate surface area is 51.1 Å². The summed E-state index contributed by atoms with van der Waals surface area (Å²) in [4.78, 5) is 12.8. The molecule has 0 radical (unpaired) electrons. The molecule has 0 saturated carbocycles. The molecule has 0 aliphatic heterocycles. The van der Waals surface area contributed by atoms with Gasteiger partial charge in [-0.3, -0.25) is 5.73 Å². The fraction of sp³-hybridized carbons (Fsp3) is 0.250. The van der Waals surface area contributed by atoms with Crippen LogP contribution < -0.4 is 16.0 Å². The maximum Gasteiger partial charge on any atom is 0.374 e. The van der Waals surface area contributed by atoms with Crippen molar-refractivity contribution in [3.05, 3.63) is 16.6 Å². The fourth-order valence-electron chi connectivity index (χ4n) is 0.441. The zero-order chi connectivity index (χ0) is 6.85. The van der Waals surface area contributed by atoms with Gasteiger partial charge in [0.1, 0.15) is 6.20 Å². The fourth-order valence-corrected chi connectivity index (χ4v) is 0.441. The molecule has 3 N–H and O–H groups in total. The molecular weight excluding hydrogens is 120 g/mol. The molecule has 0 aromatic carbocycles. The van der Waals surface area contributed by atoms with Gasteiger partial charge in [0.15, 0.2) is 0 Å². The minimum absolute atomic E-state index is 0.252. The maximum atomic E-state index is 10.4.